The molecule has 1 unspecified atom stereocenters. The second-order valence-corrected chi connectivity index (χ2v) is 9.74. The maximum Gasteiger partial charge on any atom is 0.162 e. The molecule has 0 aliphatic heterocycles. The number of fused-ring (bicyclic) bond motifs is 5. The molecule has 0 amide bonds. The van der Waals surface area contributed by atoms with Gasteiger partial charge in [-0.1, -0.05) is 25.5 Å². The highest BCUT2D eigenvalue weighted by molar-refractivity contribution is 5.86. The van der Waals surface area contributed by atoms with Gasteiger partial charge in [0.2, 0.25) is 0 Å². The van der Waals surface area contributed by atoms with Gasteiger partial charge in [-0.25, -0.2) is 0 Å². The lowest BCUT2D eigenvalue weighted by Gasteiger charge is -2.59. The van der Waals surface area contributed by atoms with E-state index < -0.39 is 5.60 Å². The van der Waals surface area contributed by atoms with Gasteiger partial charge in [0.25, 0.3) is 0 Å². The highest BCUT2D eigenvalue weighted by atomic mass is 16.5. The smallest absolute Gasteiger partial charge is 0.162 e. The summed E-state index contributed by atoms with van der Waals surface area (Å²) in [5, 5.41) is 10.1. The number of ether oxygens (including phenoxy) is 1. The van der Waals surface area contributed by atoms with E-state index in [4.69, 9.17) is 4.74 Å². The number of carbonyl (C=O) groups excluding carboxylic acids is 1. The molecule has 4 aliphatic carbocycles. The van der Waals surface area contributed by atoms with Crippen LogP contribution in [-0.4, -0.2) is 29.7 Å². The van der Waals surface area contributed by atoms with Gasteiger partial charge in [-0.3, -0.25) is 4.79 Å². The zero-order chi connectivity index (χ0) is 18.0. The molecule has 0 aromatic carbocycles. The van der Waals surface area contributed by atoms with Crippen molar-refractivity contribution >= 4 is 5.78 Å². The summed E-state index contributed by atoms with van der Waals surface area (Å²) >= 11 is 0. The zero-order valence-electron chi connectivity index (χ0n) is 16.3. The van der Waals surface area contributed by atoms with Crippen molar-refractivity contribution in [1.29, 1.82) is 0 Å². The van der Waals surface area contributed by atoms with Crippen molar-refractivity contribution < 1.29 is 14.6 Å². The topological polar surface area (TPSA) is 46.5 Å². The zero-order valence-corrected chi connectivity index (χ0v) is 16.3. The van der Waals surface area contributed by atoms with Gasteiger partial charge in [0.05, 0.1) is 6.10 Å². The number of rotatable bonds is 2. The Balaban J connectivity index is 1.70. The first-order valence-corrected chi connectivity index (χ1v) is 10.2. The number of methoxy groups -OCH3 is 1. The minimum atomic E-state index is -0.573. The molecule has 0 radical (unpaired) electrons. The lowest BCUT2D eigenvalue weighted by Crippen LogP contribution is -2.57. The van der Waals surface area contributed by atoms with Gasteiger partial charge in [-0.2, -0.15) is 0 Å². The Kier molecular flexibility index (Phi) is 4.01. The quantitative estimate of drug-likeness (QED) is 0.759. The Morgan fingerprint density at radius 3 is 2.56 bits per heavy atom. The highest BCUT2D eigenvalue weighted by Crippen LogP contribution is 2.67. The van der Waals surface area contributed by atoms with Crippen molar-refractivity contribution in [2.24, 2.45) is 28.6 Å². The van der Waals surface area contributed by atoms with Crippen LogP contribution in [0.25, 0.3) is 0 Å². The molecular weight excluding hydrogens is 312 g/mol. The predicted molar refractivity (Wildman–Crippen MR) is 98.1 cm³/mol. The molecule has 0 saturated heterocycles. The number of ketones is 1. The highest BCUT2D eigenvalue weighted by Gasteiger charge is 2.66. The lowest BCUT2D eigenvalue weighted by molar-refractivity contribution is -0.167. The van der Waals surface area contributed by atoms with E-state index in [2.05, 4.69) is 19.9 Å². The van der Waals surface area contributed by atoms with Crippen LogP contribution in [0, 0.1) is 28.6 Å². The van der Waals surface area contributed by atoms with E-state index in [1.807, 2.05) is 0 Å². The average Bonchev–Trinajstić information content (AvgIpc) is 2.89. The SMILES string of the molecule is CO[C@]1(C(C)=O)CC[C@H]2[C@@H]3CC=C4CC(O)CC[C@]4(C)[C@H]3CC[C@@]21C. The van der Waals surface area contributed by atoms with Crippen LogP contribution in [0.4, 0.5) is 0 Å². The van der Waals surface area contributed by atoms with Crippen LogP contribution in [0.1, 0.15) is 72.1 Å². The summed E-state index contributed by atoms with van der Waals surface area (Å²) in [4.78, 5) is 12.6. The van der Waals surface area contributed by atoms with Gasteiger partial charge in [-0.15, -0.1) is 0 Å². The molecule has 3 heteroatoms. The van der Waals surface area contributed by atoms with Gasteiger partial charge in [0.1, 0.15) is 5.60 Å². The predicted octanol–water partition coefficient (Wildman–Crippen LogP) is 4.28. The monoisotopic (exact) mass is 346 g/mol. The molecule has 0 aromatic heterocycles. The van der Waals surface area contributed by atoms with Crippen LogP contribution >= 0.6 is 0 Å². The summed E-state index contributed by atoms with van der Waals surface area (Å²) < 4.78 is 5.96. The Morgan fingerprint density at radius 2 is 1.88 bits per heavy atom. The van der Waals surface area contributed by atoms with Crippen molar-refractivity contribution in [1.82, 2.24) is 0 Å². The second kappa shape index (κ2) is 5.66. The standard InChI is InChI=1S/C22H34O3/c1-14(23)22(25-4)12-9-19-17-6-5-15-13-16(24)7-10-20(15,2)18(17)8-11-21(19,22)3/h5,16-19,24H,6-13H2,1-4H3/t16?,17-,18+,19+,20+,21+,22+/m1/s1. The first kappa shape index (κ1) is 17.7. The number of aliphatic hydroxyl groups excluding tert-OH is 1. The van der Waals surface area contributed by atoms with Crippen molar-refractivity contribution in [3.8, 4) is 0 Å². The first-order chi connectivity index (χ1) is 11.8. The van der Waals surface area contributed by atoms with Gasteiger partial charge in [0, 0.05) is 12.5 Å². The summed E-state index contributed by atoms with van der Waals surface area (Å²) in [6, 6.07) is 0. The number of allylic oxidation sites excluding steroid dienone is 1. The van der Waals surface area contributed by atoms with Crippen LogP contribution in [0.3, 0.4) is 0 Å². The summed E-state index contributed by atoms with van der Waals surface area (Å²) in [6.45, 7) is 6.51. The van der Waals surface area contributed by atoms with Crippen molar-refractivity contribution in [3.63, 3.8) is 0 Å². The van der Waals surface area contributed by atoms with Crippen LogP contribution in [0.2, 0.25) is 0 Å². The molecule has 4 aliphatic rings. The molecule has 0 aromatic rings. The number of hydrogen-bond donors (Lipinski definition) is 1. The molecule has 25 heavy (non-hydrogen) atoms. The fraction of sp³-hybridized carbons (Fsp3) is 0.864. The maximum atomic E-state index is 12.6. The van der Waals surface area contributed by atoms with E-state index in [9.17, 15) is 9.90 Å². The Labute approximate surface area is 152 Å². The summed E-state index contributed by atoms with van der Waals surface area (Å²) in [5.41, 5.74) is 1.18. The van der Waals surface area contributed by atoms with Gasteiger partial charge in [0.15, 0.2) is 5.78 Å². The molecule has 3 nitrogen and oxygen atoms in total. The number of hydrogen-bond acceptors (Lipinski definition) is 3. The summed E-state index contributed by atoms with van der Waals surface area (Å²) in [5.74, 6) is 2.17. The molecule has 3 saturated carbocycles. The fourth-order valence-electron chi connectivity index (χ4n) is 7.70. The molecule has 3 fully saturated rings. The Morgan fingerprint density at radius 1 is 1.16 bits per heavy atom. The molecule has 0 spiro atoms. The second-order valence-electron chi connectivity index (χ2n) is 9.74. The van der Waals surface area contributed by atoms with Crippen molar-refractivity contribution in [2.45, 2.75) is 83.8 Å². The number of carbonyl (C=O) groups is 1. The normalized spacial score (nSPS) is 52.0. The largest absolute Gasteiger partial charge is 0.393 e. The Bertz CT molecular complexity index is 610. The van der Waals surface area contributed by atoms with Gasteiger partial charge < -0.3 is 9.84 Å². The first-order valence-electron chi connectivity index (χ1n) is 10.2. The van der Waals surface area contributed by atoms with E-state index in [0.717, 1.165) is 44.9 Å². The van der Waals surface area contributed by atoms with Crippen LogP contribution in [0.15, 0.2) is 11.6 Å². The van der Waals surface area contributed by atoms with E-state index >= 15 is 0 Å². The van der Waals surface area contributed by atoms with E-state index in [1.165, 1.54) is 12.0 Å². The molecule has 0 bridgehead atoms. The van der Waals surface area contributed by atoms with E-state index in [1.54, 1.807) is 14.0 Å². The Hall–Kier alpha value is -0.670. The molecular formula is C22H34O3. The van der Waals surface area contributed by atoms with E-state index in [-0.39, 0.29) is 22.7 Å². The summed E-state index contributed by atoms with van der Waals surface area (Å²) in [6.07, 6.45) is 10.7. The third-order valence-corrected chi connectivity index (χ3v) is 9.11. The molecule has 4 rings (SSSR count). The van der Waals surface area contributed by atoms with Crippen molar-refractivity contribution in [2.75, 3.05) is 7.11 Å². The van der Waals surface area contributed by atoms with Crippen LogP contribution < -0.4 is 0 Å². The molecule has 0 heterocycles. The third-order valence-electron chi connectivity index (χ3n) is 9.11. The molecule has 1 N–H and O–H groups in total. The lowest BCUT2D eigenvalue weighted by atomic mass is 9.46. The van der Waals surface area contributed by atoms with Gasteiger partial charge in [-0.05, 0) is 81.5 Å². The van der Waals surface area contributed by atoms with Crippen molar-refractivity contribution in [3.05, 3.63) is 11.6 Å². The summed E-state index contributed by atoms with van der Waals surface area (Å²) in [7, 11) is 1.74. The molecule has 7 atom stereocenters. The third kappa shape index (κ3) is 2.15. The van der Waals surface area contributed by atoms with E-state index in [0.29, 0.717) is 17.8 Å². The number of aliphatic hydroxyl groups is 1. The fourth-order valence-corrected chi connectivity index (χ4v) is 7.70. The minimum absolute atomic E-state index is 0.0232. The minimum Gasteiger partial charge on any atom is -0.393 e. The van der Waals surface area contributed by atoms with Crippen LogP contribution in [0.5, 0.6) is 0 Å². The number of Topliss-reactive ketones (excluding diaryl/α,β-unsaturated/α-hetero) is 1. The van der Waals surface area contributed by atoms with Crippen LogP contribution in [-0.2, 0) is 9.53 Å². The average molecular weight is 347 g/mol. The molecule has 140 valence electrons. The maximum absolute atomic E-state index is 12.6. The van der Waals surface area contributed by atoms with Gasteiger partial charge >= 0.3 is 0 Å².